The highest BCUT2D eigenvalue weighted by Crippen LogP contribution is 2.34. The van der Waals surface area contributed by atoms with Crippen molar-refractivity contribution >= 4 is 51.0 Å². The maximum absolute atomic E-state index is 12.0. The predicted molar refractivity (Wildman–Crippen MR) is 115 cm³/mol. The lowest BCUT2D eigenvalue weighted by atomic mass is 9.99. The van der Waals surface area contributed by atoms with E-state index >= 15 is 0 Å². The number of ether oxygens (including phenoxy) is 1. The molecule has 142 valence electrons. The summed E-state index contributed by atoms with van der Waals surface area (Å²) in [7, 11) is 1.41. The summed E-state index contributed by atoms with van der Waals surface area (Å²) in [6.07, 6.45) is 0. The van der Waals surface area contributed by atoms with E-state index in [2.05, 4.69) is 16.7 Å². The topological polar surface area (TPSA) is 31.2 Å². The van der Waals surface area contributed by atoms with Gasteiger partial charge in [0.2, 0.25) is 0 Å². The highest BCUT2D eigenvalue weighted by Gasteiger charge is 2.18. The van der Waals surface area contributed by atoms with Crippen molar-refractivity contribution in [1.82, 2.24) is 4.57 Å². The number of esters is 1. The molecule has 0 radical (unpaired) electrons. The van der Waals surface area contributed by atoms with Gasteiger partial charge in [-0.2, -0.15) is 0 Å². The van der Waals surface area contributed by atoms with Crippen LogP contribution in [0, 0.1) is 0 Å². The van der Waals surface area contributed by atoms with Crippen molar-refractivity contribution in [2.75, 3.05) is 7.11 Å². The van der Waals surface area contributed by atoms with E-state index in [1.165, 1.54) is 7.11 Å². The quantitative estimate of drug-likeness (QED) is 0.362. The Kier molecular flexibility index (Phi) is 5.05. The van der Waals surface area contributed by atoms with Gasteiger partial charge in [0.05, 0.1) is 13.0 Å². The number of rotatable bonds is 4. The minimum Gasteiger partial charge on any atom is -0.469 e. The SMILES string of the molecule is COC(=O)C(C)c1ccc2c3cc(Cl)ccc3n(Cc3ccc(Cl)cc3)c2c1. The first-order chi connectivity index (χ1) is 13.5. The van der Waals surface area contributed by atoms with E-state index in [1.54, 1.807) is 0 Å². The number of carbonyl (C=O) groups is 1. The van der Waals surface area contributed by atoms with Gasteiger partial charge in [-0.25, -0.2) is 0 Å². The second-order valence-electron chi connectivity index (χ2n) is 6.90. The van der Waals surface area contributed by atoms with Gasteiger partial charge in [0.25, 0.3) is 0 Å². The van der Waals surface area contributed by atoms with Crippen LogP contribution in [0.1, 0.15) is 24.0 Å². The highest BCUT2D eigenvalue weighted by molar-refractivity contribution is 6.32. The van der Waals surface area contributed by atoms with E-state index in [1.807, 2.05) is 55.5 Å². The summed E-state index contributed by atoms with van der Waals surface area (Å²) >= 11 is 12.3. The van der Waals surface area contributed by atoms with E-state index in [9.17, 15) is 4.79 Å². The van der Waals surface area contributed by atoms with Gasteiger partial charge in [-0.1, -0.05) is 47.5 Å². The Morgan fingerprint density at radius 1 is 0.929 bits per heavy atom. The molecule has 3 aromatic carbocycles. The smallest absolute Gasteiger partial charge is 0.312 e. The number of carbonyl (C=O) groups excluding carboxylic acids is 1. The Balaban J connectivity index is 1.92. The van der Waals surface area contributed by atoms with Crippen molar-refractivity contribution in [3.63, 3.8) is 0 Å². The summed E-state index contributed by atoms with van der Waals surface area (Å²) in [5, 5.41) is 3.61. The molecule has 0 amide bonds. The largest absolute Gasteiger partial charge is 0.469 e. The van der Waals surface area contributed by atoms with E-state index in [0.717, 1.165) is 32.9 Å². The summed E-state index contributed by atoms with van der Waals surface area (Å²) in [5.74, 6) is -0.581. The zero-order valence-electron chi connectivity index (χ0n) is 15.6. The molecular weight excluding hydrogens is 393 g/mol. The molecule has 4 rings (SSSR count). The minimum atomic E-state index is -0.333. The van der Waals surface area contributed by atoms with Crippen LogP contribution < -0.4 is 0 Å². The van der Waals surface area contributed by atoms with Gasteiger partial charge in [0.15, 0.2) is 0 Å². The monoisotopic (exact) mass is 411 g/mol. The molecule has 0 aliphatic heterocycles. The lowest BCUT2D eigenvalue weighted by Gasteiger charge is -2.12. The second-order valence-corrected chi connectivity index (χ2v) is 7.77. The van der Waals surface area contributed by atoms with E-state index in [-0.39, 0.29) is 11.9 Å². The fourth-order valence-electron chi connectivity index (χ4n) is 3.61. The molecule has 1 unspecified atom stereocenters. The van der Waals surface area contributed by atoms with Gasteiger partial charge < -0.3 is 9.30 Å². The Bertz CT molecular complexity index is 1180. The number of methoxy groups -OCH3 is 1. The van der Waals surface area contributed by atoms with Crippen LogP contribution in [-0.2, 0) is 16.1 Å². The van der Waals surface area contributed by atoms with E-state index < -0.39 is 0 Å². The molecule has 0 N–H and O–H groups in total. The molecule has 3 nitrogen and oxygen atoms in total. The average Bonchev–Trinajstić information content (AvgIpc) is 3.00. The number of nitrogens with zero attached hydrogens (tertiary/aromatic N) is 1. The summed E-state index contributed by atoms with van der Waals surface area (Å²) in [5.41, 5.74) is 4.22. The molecule has 0 aliphatic rings. The number of hydrogen-bond acceptors (Lipinski definition) is 2. The molecule has 0 aliphatic carbocycles. The van der Waals surface area contributed by atoms with Crippen LogP contribution in [-0.4, -0.2) is 17.6 Å². The molecule has 0 bridgehead atoms. The van der Waals surface area contributed by atoms with Crippen LogP contribution in [0.15, 0.2) is 60.7 Å². The molecule has 0 fully saturated rings. The molecular formula is C23H19Cl2NO2. The first-order valence-electron chi connectivity index (χ1n) is 9.01. The first kappa shape index (κ1) is 18.9. The van der Waals surface area contributed by atoms with Gasteiger partial charge in [0.1, 0.15) is 0 Å². The third kappa shape index (κ3) is 3.36. The molecule has 4 aromatic rings. The van der Waals surface area contributed by atoms with Crippen molar-refractivity contribution in [1.29, 1.82) is 0 Å². The van der Waals surface area contributed by atoms with E-state index in [0.29, 0.717) is 16.6 Å². The molecule has 1 aromatic heterocycles. The van der Waals surface area contributed by atoms with Crippen LogP contribution in [0.4, 0.5) is 0 Å². The summed E-state index contributed by atoms with van der Waals surface area (Å²) < 4.78 is 7.16. The Labute approximate surface area is 173 Å². The van der Waals surface area contributed by atoms with Crippen LogP contribution in [0.2, 0.25) is 10.0 Å². The molecule has 28 heavy (non-hydrogen) atoms. The fourth-order valence-corrected chi connectivity index (χ4v) is 3.91. The van der Waals surface area contributed by atoms with Crippen molar-refractivity contribution < 1.29 is 9.53 Å². The number of benzene rings is 3. The Morgan fingerprint density at radius 2 is 1.64 bits per heavy atom. The third-order valence-electron chi connectivity index (χ3n) is 5.16. The molecule has 1 atom stereocenters. The zero-order chi connectivity index (χ0) is 19.8. The maximum Gasteiger partial charge on any atom is 0.312 e. The van der Waals surface area contributed by atoms with Crippen molar-refractivity contribution in [2.45, 2.75) is 19.4 Å². The number of aromatic nitrogens is 1. The second kappa shape index (κ2) is 7.50. The van der Waals surface area contributed by atoms with Crippen molar-refractivity contribution in [2.24, 2.45) is 0 Å². The average molecular weight is 412 g/mol. The van der Waals surface area contributed by atoms with Crippen LogP contribution >= 0.6 is 23.2 Å². The van der Waals surface area contributed by atoms with Crippen LogP contribution in [0.5, 0.6) is 0 Å². The lowest BCUT2D eigenvalue weighted by molar-refractivity contribution is -0.141. The summed E-state index contributed by atoms with van der Waals surface area (Å²) in [6, 6.07) is 19.9. The third-order valence-corrected chi connectivity index (χ3v) is 5.65. The van der Waals surface area contributed by atoms with Gasteiger partial charge in [0, 0.05) is 38.4 Å². The molecule has 5 heteroatoms. The van der Waals surface area contributed by atoms with Crippen molar-refractivity contribution in [3.05, 3.63) is 81.8 Å². The molecule has 0 spiro atoms. The molecule has 0 saturated carbocycles. The summed E-state index contributed by atoms with van der Waals surface area (Å²) in [4.78, 5) is 12.0. The number of fused-ring (bicyclic) bond motifs is 3. The van der Waals surface area contributed by atoms with Crippen LogP contribution in [0.3, 0.4) is 0 Å². The molecule has 0 saturated heterocycles. The van der Waals surface area contributed by atoms with Gasteiger partial charge in [-0.3, -0.25) is 4.79 Å². The number of halogens is 2. The standard InChI is InChI=1S/C23H19Cl2NO2/c1-14(23(27)28-2)16-5-9-19-20-12-18(25)8-10-21(20)26(22(19)11-16)13-15-3-6-17(24)7-4-15/h3-12,14H,13H2,1-2H3. The minimum absolute atomic E-state index is 0.247. The first-order valence-corrected chi connectivity index (χ1v) is 9.77. The molecule has 1 heterocycles. The summed E-state index contributed by atoms with van der Waals surface area (Å²) in [6.45, 7) is 2.55. The Morgan fingerprint density at radius 3 is 2.36 bits per heavy atom. The van der Waals surface area contributed by atoms with Crippen LogP contribution in [0.25, 0.3) is 21.8 Å². The van der Waals surface area contributed by atoms with Gasteiger partial charge in [-0.15, -0.1) is 0 Å². The highest BCUT2D eigenvalue weighted by atomic mass is 35.5. The lowest BCUT2D eigenvalue weighted by Crippen LogP contribution is -2.10. The predicted octanol–water partition coefficient (Wildman–Crippen LogP) is 6.43. The normalized spacial score (nSPS) is 12.4. The Hall–Kier alpha value is -2.49. The van der Waals surface area contributed by atoms with E-state index in [4.69, 9.17) is 27.9 Å². The fraction of sp³-hybridized carbons (Fsp3) is 0.174. The van der Waals surface area contributed by atoms with Gasteiger partial charge >= 0.3 is 5.97 Å². The van der Waals surface area contributed by atoms with Crippen molar-refractivity contribution in [3.8, 4) is 0 Å². The zero-order valence-corrected chi connectivity index (χ0v) is 17.1. The number of hydrogen-bond donors (Lipinski definition) is 0. The van der Waals surface area contributed by atoms with Gasteiger partial charge in [-0.05, 0) is 54.4 Å². The maximum atomic E-state index is 12.0.